The van der Waals surface area contributed by atoms with E-state index >= 15 is 0 Å². The molecule has 2 aromatic rings. The first-order valence-corrected chi connectivity index (χ1v) is 9.05. The Bertz CT molecular complexity index is 825. The van der Waals surface area contributed by atoms with Gasteiger partial charge in [-0.25, -0.2) is 0 Å². The standard InChI is InChI=1S/C18H18BrN3O2/c19-12-2-4-16-11(5-12)7-15(24-16)8-14(9-20)22-18(23)17-10-1-3-13(6-10)21-17/h2,4-5,7,10,13-14,17,21H,1,3,6,8H2,(H,22,23)/t10-,13+,14?,17-/m0/s1. The van der Waals surface area contributed by atoms with Crippen molar-refractivity contribution in [1.29, 1.82) is 5.26 Å². The third-order valence-electron chi connectivity index (χ3n) is 5.05. The third kappa shape index (κ3) is 2.94. The highest BCUT2D eigenvalue weighted by atomic mass is 79.9. The minimum absolute atomic E-state index is 0.0624. The molecule has 2 heterocycles. The van der Waals surface area contributed by atoms with Crippen molar-refractivity contribution in [2.45, 2.75) is 43.8 Å². The van der Waals surface area contributed by atoms with Gasteiger partial charge in [0.05, 0.1) is 12.1 Å². The number of piperidine rings is 1. The molecular formula is C18H18BrN3O2. The molecule has 1 amide bonds. The lowest BCUT2D eigenvalue weighted by molar-refractivity contribution is -0.124. The molecule has 0 spiro atoms. The average molecular weight is 388 g/mol. The van der Waals surface area contributed by atoms with Gasteiger partial charge in [-0.1, -0.05) is 15.9 Å². The largest absolute Gasteiger partial charge is 0.461 e. The van der Waals surface area contributed by atoms with E-state index in [4.69, 9.17) is 4.42 Å². The van der Waals surface area contributed by atoms with E-state index in [1.54, 1.807) is 0 Å². The van der Waals surface area contributed by atoms with E-state index in [-0.39, 0.29) is 11.9 Å². The Morgan fingerprint density at radius 3 is 3.04 bits per heavy atom. The fourth-order valence-corrected chi connectivity index (χ4v) is 4.29. The van der Waals surface area contributed by atoms with Crippen LogP contribution in [0.25, 0.3) is 11.0 Å². The predicted molar refractivity (Wildman–Crippen MR) is 93.2 cm³/mol. The van der Waals surface area contributed by atoms with Gasteiger partial charge in [0.1, 0.15) is 17.4 Å². The number of amides is 1. The molecule has 0 radical (unpaired) electrons. The van der Waals surface area contributed by atoms with Gasteiger partial charge >= 0.3 is 0 Å². The Morgan fingerprint density at radius 1 is 1.46 bits per heavy atom. The highest BCUT2D eigenvalue weighted by Gasteiger charge is 2.43. The zero-order valence-corrected chi connectivity index (χ0v) is 14.7. The van der Waals surface area contributed by atoms with Crippen LogP contribution in [-0.4, -0.2) is 24.0 Å². The predicted octanol–water partition coefficient (Wildman–Crippen LogP) is 2.89. The van der Waals surface area contributed by atoms with E-state index in [0.29, 0.717) is 24.1 Å². The van der Waals surface area contributed by atoms with E-state index in [9.17, 15) is 10.1 Å². The van der Waals surface area contributed by atoms with Gasteiger partial charge in [0.15, 0.2) is 0 Å². The number of carbonyl (C=O) groups is 1. The van der Waals surface area contributed by atoms with Crippen molar-refractivity contribution in [3.63, 3.8) is 0 Å². The number of furan rings is 1. The fraction of sp³-hybridized carbons (Fsp3) is 0.444. The average Bonchev–Trinajstić information content (AvgIpc) is 3.28. The number of nitrogens with one attached hydrogen (secondary N) is 2. The molecule has 1 aromatic carbocycles. The monoisotopic (exact) mass is 387 g/mol. The molecule has 1 unspecified atom stereocenters. The summed E-state index contributed by atoms with van der Waals surface area (Å²) in [6.07, 6.45) is 3.71. The van der Waals surface area contributed by atoms with Gasteiger partial charge in [0, 0.05) is 22.3 Å². The Labute approximate surface area is 148 Å². The van der Waals surface area contributed by atoms with Crippen LogP contribution in [0.5, 0.6) is 0 Å². The molecule has 1 aromatic heterocycles. The quantitative estimate of drug-likeness (QED) is 0.845. The lowest BCUT2D eigenvalue weighted by Gasteiger charge is -2.23. The molecule has 1 aliphatic heterocycles. The van der Waals surface area contributed by atoms with Crippen molar-refractivity contribution in [3.8, 4) is 6.07 Å². The highest BCUT2D eigenvalue weighted by Crippen LogP contribution is 2.35. The summed E-state index contributed by atoms with van der Waals surface area (Å²) in [6.45, 7) is 0. The topological polar surface area (TPSA) is 78.1 Å². The molecule has 2 fully saturated rings. The molecule has 2 N–H and O–H groups in total. The molecule has 1 saturated carbocycles. The summed E-state index contributed by atoms with van der Waals surface area (Å²) in [6, 6.07) is 9.62. The molecule has 2 bridgehead atoms. The number of nitrogens with zero attached hydrogens (tertiary/aromatic N) is 1. The molecule has 5 nitrogen and oxygen atoms in total. The van der Waals surface area contributed by atoms with Gasteiger partial charge < -0.3 is 15.1 Å². The smallest absolute Gasteiger partial charge is 0.238 e. The van der Waals surface area contributed by atoms with Gasteiger partial charge in [-0.15, -0.1) is 0 Å². The molecule has 1 aliphatic carbocycles. The molecular weight excluding hydrogens is 370 g/mol. The van der Waals surface area contributed by atoms with Crippen LogP contribution < -0.4 is 10.6 Å². The number of hydrogen-bond acceptors (Lipinski definition) is 4. The molecule has 2 aliphatic rings. The highest BCUT2D eigenvalue weighted by molar-refractivity contribution is 9.10. The number of rotatable bonds is 4. The number of benzene rings is 1. The van der Waals surface area contributed by atoms with Gasteiger partial charge in [-0.2, -0.15) is 5.26 Å². The van der Waals surface area contributed by atoms with Gasteiger partial charge in [-0.05, 0) is 49.4 Å². The van der Waals surface area contributed by atoms with Crippen LogP contribution in [0.15, 0.2) is 33.2 Å². The third-order valence-corrected chi connectivity index (χ3v) is 5.54. The molecule has 1 saturated heterocycles. The first-order valence-electron chi connectivity index (χ1n) is 8.26. The number of hydrogen-bond donors (Lipinski definition) is 2. The second-order valence-electron chi connectivity index (χ2n) is 6.70. The summed E-state index contributed by atoms with van der Waals surface area (Å²) in [7, 11) is 0. The summed E-state index contributed by atoms with van der Waals surface area (Å²) in [4.78, 5) is 12.4. The summed E-state index contributed by atoms with van der Waals surface area (Å²) in [5.74, 6) is 1.06. The second kappa shape index (κ2) is 6.23. The van der Waals surface area contributed by atoms with E-state index in [0.717, 1.165) is 34.7 Å². The number of nitriles is 1. The summed E-state index contributed by atoms with van der Waals surface area (Å²) in [5.41, 5.74) is 0.783. The maximum absolute atomic E-state index is 12.4. The molecule has 24 heavy (non-hydrogen) atoms. The van der Waals surface area contributed by atoms with Crippen molar-refractivity contribution < 1.29 is 9.21 Å². The van der Waals surface area contributed by atoms with Crippen molar-refractivity contribution >= 4 is 32.8 Å². The second-order valence-corrected chi connectivity index (χ2v) is 7.62. The lowest BCUT2D eigenvalue weighted by atomic mass is 9.99. The first kappa shape index (κ1) is 15.7. The van der Waals surface area contributed by atoms with Crippen LogP contribution in [0.2, 0.25) is 0 Å². The molecule has 124 valence electrons. The number of halogens is 1. The van der Waals surface area contributed by atoms with E-state index in [2.05, 4.69) is 32.6 Å². The van der Waals surface area contributed by atoms with E-state index in [1.165, 1.54) is 0 Å². The lowest BCUT2D eigenvalue weighted by Crippen LogP contribution is -2.50. The first-order chi connectivity index (χ1) is 11.6. The maximum atomic E-state index is 12.4. The SMILES string of the molecule is N#CC(Cc1cc2cc(Br)ccc2o1)NC(=O)[C@H]1N[C@@H]2CC[C@H]1C2. The van der Waals surface area contributed by atoms with Crippen LogP contribution in [0.4, 0.5) is 0 Å². The number of fused-ring (bicyclic) bond motifs is 3. The molecule has 4 rings (SSSR count). The minimum Gasteiger partial charge on any atom is -0.461 e. The van der Waals surface area contributed by atoms with Crippen LogP contribution in [0, 0.1) is 17.2 Å². The van der Waals surface area contributed by atoms with Crippen LogP contribution in [0.3, 0.4) is 0 Å². The Balaban J connectivity index is 1.43. The van der Waals surface area contributed by atoms with Crippen LogP contribution in [0.1, 0.15) is 25.0 Å². The van der Waals surface area contributed by atoms with Crippen molar-refractivity contribution in [1.82, 2.24) is 10.6 Å². The van der Waals surface area contributed by atoms with Crippen molar-refractivity contribution in [2.24, 2.45) is 5.92 Å². The minimum atomic E-state index is -0.581. The Kier molecular flexibility index (Phi) is 4.07. The summed E-state index contributed by atoms with van der Waals surface area (Å²) in [5, 5.41) is 16.6. The molecule has 6 heteroatoms. The Hall–Kier alpha value is -1.84. The molecule has 4 atom stereocenters. The number of carbonyl (C=O) groups excluding carboxylic acids is 1. The van der Waals surface area contributed by atoms with Gasteiger partial charge in [0.2, 0.25) is 5.91 Å². The van der Waals surface area contributed by atoms with E-state index in [1.807, 2.05) is 24.3 Å². The summed E-state index contributed by atoms with van der Waals surface area (Å²) >= 11 is 3.43. The van der Waals surface area contributed by atoms with E-state index < -0.39 is 6.04 Å². The fourth-order valence-electron chi connectivity index (χ4n) is 3.91. The summed E-state index contributed by atoms with van der Waals surface area (Å²) < 4.78 is 6.75. The maximum Gasteiger partial charge on any atom is 0.238 e. The van der Waals surface area contributed by atoms with Gasteiger partial charge in [-0.3, -0.25) is 4.79 Å². The zero-order valence-electron chi connectivity index (χ0n) is 13.1. The van der Waals surface area contributed by atoms with Gasteiger partial charge in [0.25, 0.3) is 0 Å². The zero-order chi connectivity index (χ0) is 16.7. The van der Waals surface area contributed by atoms with Crippen molar-refractivity contribution in [3.05, 3.63) is 34.5 Å². The van der Waals surface area contributed by atoms with Crippen molar-refractivity contribution in [2.75, 3.05) is 0 Å². The normalized spacial score (nSPS) is 26.4. The Morgan fingerprint density at radius 2 is 2.33 bits per heavy atom. The van der Waals surface area contributed by atoms with Crippen LogP contribution in [-0.2, 0) is 11.2 Å². The van der Waals surface area contributed by atoms with Crippen LogP contribution >= 0.6 is 15.9 Å².